The van der Waals surface area contributed by atoms with E-state index in [1.165, 1.54) is 23.8 Å². The largest absolute Gasteiger partial charge is 0.467 e. The van der Waals surface area contributed by atoms with Crippen LogP contribution in [0.3, 0.4) is 0 Å². The molecule has 0 radical (unpaired) electrons. The van der Waals surface area contributed by atoms with Crippen LogP contribution in [0.4, 0.5) is 4.79 Å². The van der Waals surface area contributed by atoms with Gasteiger partial charge >= 0.3 is 12.1 Å². The van der Waals surface area contributed by atoms with Gasteiger partial charge in [0, 0.05) is 26.1 Å². The number of Topliss-reactive ketones (excluding diaryl/α,β-unsaturated/α-hetero) is 1. The van der Waals surface area contributed by atoms with Crippen LogP contribution in [0.5, 0.6) is 0 Å². The molecule has 0 aromatic rings. The lowest BCUT2D eigenvalue weighted by molar-refractivity contribution is -0.154. The molecule has 1 saturated heterocycles. The van der Waals surface area contributed by atoms with Gasteiger partial charge in [-0.25, -0.2) is 9.59 Å². The summed E-state index contributed by atoms with van der Waals surface area (Å²) in [4.78, 5) is 42.9. The molecule has 2 heterocycles. The lowest BCUT2D eigenvalue weighted by atomic mass is 9.93. The first-order chi connectivity index (χ1) is 14.6. The number of nitrogens with zero attached hydrogens (tertiary/aromatic N) is 2. The lowest BCUT2D eigenvalue weighted by Crippen LogP contribution is -2.67. The van der Waals surface area contributed by atoms with E-state index in [2.05, 4.69) is 4.90 Å². The standard InChI is InChI=1S/C22H34N2O6S/c1-21(2,3)30-20(27)24(14-17(25)15-6-7-15)22(19(26)29-5)10-13-31-18(22)23-11-8-16(28-4)9-12-23/h10,13,15-16,18H,6-9,11-12,14H2,1-5H3. The second-order valence-electron chi connectivity index (χ2n) is 9.39. The Balaban J connectivity index is 1.96. The smallest absolute Gasteiger partial charge is 0.411 e. The van der Waals surface area contributed by atoms with Crippen LogP contribution in [0.2, 0.25) is 0 Å². The van der Waals surface area contributed by atoms with Crippen LogP contribution < -0.4 is 0 Å². The summed E-state index contributed by atoms with van der Waals surface area (Å²) in [6.07, 6.45) is 4.50. The van der Waals surface area contributed by atoms with Crippen molar-refractivity contribution < 1.29 is 28.6 Å². The second kappa shape index (κ2) is 9.50. The fourth-order valence-corrected chi connectivity index (χ4v) is 5.46. The van der Waals surface area contributed by atoms with Gasteiger partial charge in [0.25, 0.3) is 0 Å². The van der Waals surface area contributed by atoms with Gasteiger partial charge < -0.3 is 14.2 Å². The molecule has 1 aliphatic carbocycles. The third-order valence-electron chi connectivity index (χ3n) is 5.97. The van der Waals surface area contributed by atoms with Gasteiger partial charge in [0.05, 0.1) is 25.1 Å². The summed E-state index contributed by atoms with van der Waals surface area (Å²) in [7, 11) is 3.02. The highest BCUT2D eigenvalue weighted by molar-refractivity contribution is 8.03. The summed E-state index contributed by atoms with van der Waals surface area (Å²) in [6.45, 7) is 6.56. The first kappa shape index (κ1) is 24.1. The molecule has 1 amide bonds. The molecule has 0 aromatic heterocycles. The Hall–Kier alpha value is -1.58. The van der Waals surface area contributed by atoms with E-state index in [1.807, 2.05) is 5.41 Å². The number of piperidine rings is 1. The first-order valence-electron chi connectivity index (χ1n) is 10.8. The molecule has 1 saturated carbocycles. The molecule has 0 aromatic carbocycles. The van der Waals surface area contributed by atoms with Crippen molar-refractivity contribution in [1.29, 1.82) is 0 Å². The Bertz CT molecular complexity index is 724. The summed E-state index contributed by atoms with van der Waals surface area (Å²) >= 11 is 1.47. The number of rotatable bonds is 7. The van der Waals surface area contributed by atoms with Gasteiger partial charge in [0.15, 0.2) is 11.3 Å². The minimum absolute atomic E-state index is 0.0451. The number of carbonyl (C=O) groups is 3. The molecule has 31 heavy (non-hydrogen) atoms. The van der Waals surface area contributed by atoms with E-state index in [-0.39, 0.29) is 24.3 Å². The number of esters is 1. The molecular weight excluding hydrogens is 420 g/mol. The summed E-state index contributed by atoms with van der Waals surface area (Å²) in [5.74, 6) is -0.660. The number of ketones is 1. The zero-order valence-electron chi connectivity index (χ0n) is 19.1. The second-order valence-corrected chi connectivity index (χ2v) is 10.4. The zero-order valence-corrected chi connectivity index (χ0v) is 19.9. The van der Waals surface area contributed by atoms with Crippen molar-refractivity contribution in [2.45, 2.75) is 69.1 Å². The van der Waals surface area contributed by atoms with E-state index in [0.717, 1.165) is 38.8 Å². The Morgan fingerprint density at radius 2 is 1.77 bits per heavy atom. The van der Waals surface area contributed by atoms with Crippen LogP contribution in [-0.2, 0) is 23.8 Å². The van der Waals surface area contributed by atoms with Crippen LogP contribution in [0.1, 0.15) is 46.5 Å². The van der Waals surface area contributed by atoms with E-state index in [1.54, 1.807) is 34.0 Å². The number of hydrogen-bond donors (Lipinski definition) is 0. The summed E-state index contributed by atoms with van der Waals surface area (Å²) < 4.78 is 16.3. The monoisotopic (exact) mass is 454 g/mol. The van der Waals surface area contributed by atoms with Crippen molar-refractivity contribution in [3.05, 3.63) is 11.5 Å². The number of likely N-dealkylation sites (tertiary alicyclic amines) is 1. The van der Waals surface area contributed by atoms with Crippen LogP contribution in [0, 0.1) is 5.92 Å². The fourth-order valence-electron chi connectivity index (χ4n) is 4.13. The van der Waals surface area contributed by atoms with Crippen LogP contribution in [-0.4, -0.2) is 84.1 Å². The molecule has 174 valence electrons. The average Bonchev–Trinajstić information content (AvgIpc) is 3.49. The third-order valence-corrected chi connectivity index (χ3v) is 7.18. The average molecular weight is 455 g/mol. The highest BCUT2D eigenvalue weighted by atomic mass is 32.2. The normalized spacial score (nSPS) is 27.2. The molecular formula is C22H34N2O6S. The van der Waals surface area contributed by atoms with Crippen molar-refractivity contribution in [3.8, 4) is 0 Å². The summed E-state index contributed by atoms with van der Waals surface area (Å²) in [5.41, 5.74) is -2.21. The minimum Gasteiger partial charge on any atom is -0.467 e. The SMILES string of the molecule is COC(=O)C1(N(CC(=O)C2CC2)C(=O)OC(C)(C)C)C=CSC1N1CCC(OC)CC1. The maximum atomic E-state index is 13.3. The number of hydrogen-bond acceptors (Lipinski definition) is 8. The number of thioether (sulfide) groups is 1. The predicted molar refractivity (Wildman–Crippen MR) is 118 cm³/mol. The highest BCUT2D eigenvalue weighted by Gasteiger charge is 2.58. The highest BCUT2D eigenvalue weighted by Crippen LogP contribution is 2.43. The Morgan fingerprint density at radius 1 is 1.13 bits per heavy atom. The van der Waals surface area contributed by atoms with Gasteiger partial charge in [-0.05, 0) is 57.9 Å². The van der Waals surface area contributed by atoms with E-state index in [4.69, 9.17) is 14.2 Å². The molecule has 2 unspecified atom stereocenters. The van der Waals surface area contributed by atoms with Crippen molar-refractivity contribution in [2.24, 2.45) is 5.92 Å². The molecule has 0 N–H and O–H groups in total. The predicted octanol–water partition coefficient (Wildman–Crippen LogP) is 2.81. The van der Waals surface area contributed by atoms with E-state index in [9.17, 15) is 14.4 Å². The van der Waals surface area contributed by atoms with Crippen LogP contribution in [0.25, 0.3) is 0 Å². The number of carbonyl (C=O) groups excluding carboxylic acids is 3. The van der Waals surface area contributed by atoms with Gasteiger partial charge in [0.1, 0.15) is 5.60 Å². The molecule has 2 fully saturated rings. The van der Waals surface area contributed by atoms with Crippen molar-refractivity contribution in [3.63, 3.8) is 0 Å². The van der Waals surface area contributed by atoms with Crippen molar-refractivity contribution in [1.82, 2.24) is 9.80 Å². The maximum Gasteiger partial charge on any atom is 0.411 e. The lowest BCUT2D eigenvalue weighted by Gasteiger charge is -2.46. The van der Waals surface area contributed by atoms with Gasteiger partial charge in [-0.3, -0.25) is 14.6 Å². The van der Waals surface area contributed by atoms with Crippen molar-refractivity contribution >= 4 is 29.6 Å². The maximum absolute atomic E-state index is 13.3. The Morgan fingerprint density at radius 3 is 2.29 bits per heavy atom. The molecule has 0 bridgehead atoms. The zero-order chi connectivity index (χ0) is 22.8. The number of methoxy groups -OCH3 is 2. The number of amides is 1. The van der Waals surface area contributed by atoms with Crippen LogP contribution in [0.15, 0.2) is 11.5 Å². The van der Waals surface area contributed by atoms with E-state index >= 15 is 0 Å². The van der Waals surface area contributed by atoms with E-state index < -0.39 is 28.6 Å². The summed E-state index contributed by atoms with van der Waals surface area (Å²) in [5, 5.41) is 1.42. The molecule has 2 atom stereocenters. The van der Waals surface area contributed by atoms with Crippen molar-refractivity contribution in [2.75, 3.05) is 33.9 Å². The quantitative estimate of drug-likeness (QED) is 0.543. The molecule has 8 nitrogen and oxygen atoms in total. The first-order valence-corrected chi connectivity index (χ1v) is 11.8. The molecule has 3 aliphatic rings. The van der Waals surface area contributed by atoms with E-state index in [0.29, 0.717) is 0 Å². The molecule has 2 aliphatic heterocycles. The summed E-state index contributed by atoms with van der Waals surface area (Å²) in [6, 6.07) is 0. The Kier molecular flexibility index (Phi) is 7.38. The van der Waals surface area contributed by atoms with Gasteiger partial charge in [-0.1, -0.05) is 0 Å². The number of ether oxygens (including phenoxy) is 3. The molecule has 3 rings (SSSR count). The topological polar surface area (TPSA) is 85.4 Å². The Labute approximate surface area is 188 Å². The molecule has 0 spiro atoms. The third kappa shape index (κ3) is 5.26. The van der Waals surface area contributed by atoms with Gasteiger partial charge in [-0.15, -0.1) is 11.8 Å². The molecule has 9 heteroatoms. The minimum atomic E-state index is -1.44. The fraction of sp³-hybridized carbons (Fsp3) is 0.773. The van der Waals surface area contributed by atoms with Crippen LogP contribution >= 0.6 is 11.8 Å². The van der Waals surface area contributed by atoms with Gasteiger partial charge in [0.2, 0.25) is 0 Å². The van der Waals surface area contributed by atoms with Gasteiger partial charge in [-0.2, -0.15) is 0 Å².